The van der Waals surface area contributed by atoms with E-state index in [9.17, 15) is 53.1 Å². The van der Waals surface area contributed by atoms with Crippen molar-refractivity contribution >= 4 is 5.97 Å². The molecule has 0 saturated carbocycles. The molecule has 0 amide bonds. The molecular formula is C13H15F11O3. The lowest BCUT2D eigenvalue weighted by atomic mass is 9.79. The van der Waals surface area contributed by atoms with E-state index in [1.807, 2.05) is 0 Å². The van der Waals surface area contributed by atoms with Crippen LogP contribution in [0.3, 0.4) is 0 Å². The zero-order chi connectivity index (χ0) is 22.5. The van der Waals surface area contributed by atoms with Crippen LogP contribution in [-0.4, -0.2) is 41.8 Å². The van der Waals surface area contributed by atoms with Crippen LogP contribution >= 0.6 is 0 Å². The van der Waals surface area contributed by atoms with E-state index in [2.05, 4.69) is 9.47 Å². The van der Waals surface area contributed by atoms with Crippen LogP contribution in [0.1, 0.15) is 34.6 Å². The van der Waals surface area contributed by atoms with Crippen LogP contribution < -0.4 is 0 Å². The molecule has 0 heterocycles. The van der Waals surface area contributed by atoms with Gasteiger partial charge in [-0.15, -0.1) is 0 Å². The van der Waals surface area contributed by atoms with Crippen LogP contribution in [0.5, 0.6) is 0 Å². The van der Waals surface area contributed by atoms with Crippen molar-refractivity contribution in [2.45, 2.75) is 70.5 Å². The number of carbonyl (C=O) groups is 1. The van der Waals surface area contributed by atoms with Crippen LogP contribution in [0.25, 0.3) is 0 Å². The Labute approximate surface area is 145 Å². The van der Waals surface area contributed by atoms with Crippen molar-refractivity contribution in [2.75, 3.05) is 0 Å². The molecule has 0 radical (unpaired) electrons. The summed E-state index contributed by atoms with van der Waals surface area (Å²) in [5.74, 6) is -16.8. The molecule has 0 aliphatic heterocycles. The number of halogens is 11. The summed E-state index contributed by atoms with van der Waals surface area (Å²) in [7, 11) is 0. The van der Waals surface area contributed by atoms with Gasteiger partial charge in [0.2, 0.25) is 0 Å². The molecular weight excluding hydrogens is 413 g/mol. The Hall–Kier alpha value is -1.34. The monoisotopic (exact) mass is 428 g/mol. The Morgan fingerprint density at radius 1 is 0.667 bits per heavy atom. The molecule has 0 aromatic heterocycles. The van der Waals surface area contributed by atoms with Gasteiger partial charge in [-0.05, 0) is 13.8 Å². The fraction of sp³-hybridized carbons (Fsp3) is 0.923. The molecule has 0 bridgehead atoms. The van der Waals surface area contributed by atoms with Crippen molar-refractivity contribution in [1.29, 1.82) is 0 Å². The van der Waals surface area contributed by atoms with E-state index in [0.717, 1.165) is 13.8 Å². The van der Waals surface area contributed by atoms with E-state index in [-0.39, 0.29) is 0 Å². The predicted octanol–water partition coefficient (Wildman–Crippen LogP) is 5.39. The Bertz CT molecular complexity index is 557. The van der Waals surface area contributed by atoms with E-state index in [1.54, 1.807) is 0 Å². The van der Waals surface area contributed by atoms with Gasteiger partial charge in [-0.2, -0.15) is 48.3 Å². The average molecular weight is 428 g/mol. The van der Waals surface area contributed by atoms with Crippen LogP contribution in [0.15, 0.2) is 0 Å². The van der Waals surface area contributed by atoms with Crippen molar-refractivity contribution in [2.24, 2.45) is 5.41 Å². The third-order valence-corrected chi connectivity index (χ3v) is 3.77. The quantitative estimate of drug-likeness (QED) is 0.435. The summed E-state index contributed by atoms with van der Waals surface area (Å²) in [6.07, 6.45) is -21.0. The van der Waals surface area contributed by atoms with Gasteiger partial charge in [0.1, 0.15) is 5.60 Å². The van der Waals surface area contributed by atoms with Crippen LogP contribution in [0.2, 0.25) is 0 Å². The normalized spacial score (nSPS) is 17.5. The van der Waals surface area contributed by atoms with E-state index < -0.39 is 47.2 Å². The van der Waals surface area contributed by atoms with Crippen molar-refractivity contribution in [3.8, 4) is 0 Å². The third kappa shape index (κ3) is 4.74. The molecule has 1 unspecified atom stereocenters. The molecule has 0 aliphatic carbocycles. The summed E-state index contributed by atoms with van der Waals surface area (Å²) in [4.78, 5) is 11.5. The highest BCUT2D eigenvalue weighted by molar-refractivity contribution is 5.79. The minimum absolute atomic E-state index is 0.921. The lowest BCUT2D eigenvalue weighted by Gasteiger charge is -2.40. The maximum Gasteiger partial charge on any atom is 0.462 e. The molecule has 0 fully saturated rings. The first-order chi connectivity index (χ1) is 11.3. The van der Waals surface area contributed by atoms with E-state index in [1.165, 1.54) is 20.8 Å². The minimum Gasteiger partial charge on any atom is -0.455 e. The first-order valence-electron chi connectivity index (χ1n) is 6.85. The Morgan fingerprint density at radius 3 is 1.30 bits per heavy atom. The lowest BCUT2D eigenvalue weighted by Crippen LogP contribution is -2.62. The molecule has 0 aromatic rings. The van der Waals surface area contributed by atoms with Gasteiger partial charge < -0.3 is 4.74 Å². The maximum atomic E-state index is 14.0. The lowest BCUT2D eigenvalue weighted by molar-refractivity contribution is -0.475. The number of hydrogen-bond donors (Lipinski definition) is 0. The molecule has 27 heavy (non-hydrogen) atoms. The molecule has 3 nitrogen and oxygen atoms in total. The van der Waals surface area contributed by atoms with Gasteiger partial charge in [0.25, 0.3) is 0 Å². The number of rotatable bonds is 5. The smallest absolute Gasteiger partial charge is 0.455 e. The van der Waals surface area contributed by atoms with Crippen LogP contribution in [0.4, 0.5) is 48.3 Å². The molecule has 1 atom stereocenters. The Balaban J connectivity index is 6.13. The van der Waals surface area contributed by atoms with Crippen molar-refractivity contribution in [3.63, 3.8) is 0 Å². The number of alkyl halides is 11. The fourth-order valence-electron chi connectivity index (χ4n) is 1.07. The minimum atomic E-state index is -7.25. The SMILES string of the molecule is CC(C)(C)C(C)(C)OC(=O)C(F)(OC(F)(F)C(F)(F)C(F)(F)F)C(F)(F)F. The Morgan fingerprint density at radius 2 is 1.04 bits per heavy atom. The number of esters is 1. The van der Waals surface area contributed by atoms with E-state index in [4.69, 9.17) is 0 Å². The second-order valence-corrected chi connectivity index (χ2v) is 6.93. The second-order valence-electron chi connectivity index (χ2n) is 6.93. The number of carbonyl (C=O) groups excluding carboxylic acids is 1. The summed E-state index contributed by atoms with van der Waals surface area (Å²) in [6.45, 7) is 5.64. The van der Waals surface area contributed by atoms with Gasteiger partial charge in [-0.3, -0.25) is 4.74 Å². The number of hydrogen-bond acceptors (Lipinski definition) is 3. The predicted molar refractivity (Wildman–Crippen MR) is 66.6 cm³/mol. The van der Waals surface area contributed by atoms with Gasteiger partial charge in [-0.1, -0.05) is 20.8 Å². The second kappa shape index (κ2) is 6.62. The largest absolute Gasteiger partial charge is 0.462 e. The van der Waals surface area contributed by atoms with Crippen LogP contribution in [-0.2, 0) is 14.3 Å². The van der Waals surface area contributed by atoms with Crippen molar-refractivity contribution in [3.05, 3.63) is 0 Å². The van der Waals surface area contributed by atoms with Gasteiger partial charge in [-0.25, -0.2) is 4.79 Å². The summed E-state index contributed by atoms with van der Waals surface area (Å²) in [6, 6.07) is 0. The summed E-state index contributed by atoms with van der Waals surface area (Å²) >= 11 is 0. The molecule has 14 heteroatoms. The molecule has 0 aromatic carbocycles. The van der Waals surface area contributed by atoms with Gasteiger partial charge in [0.15, 0.2) is 0 Å². The highest BCUT2D eigenvalue weighted by Gasteiger charge is 2.80. The third-order valence-electron chi connectivity index (χ3n) is 3.77. The average Bonchev–Trinajstić information content (AvgIpc) is 2.32. The molecule has 0 spiro atoms. The molecule has 0 N–H and O–H groups in total. The van der Waals surface area contributed by atoms with Crippen molar-refractivity contribution in [1.82, 2.24) is 0 Å². The van der Waals surface area contributed by atoms with Gasteiger partial charge in [0, 0.05) is 5.41 Å². The molecule has 162 valence electrons. The maximum absolute atomic E-state index is 14.0. The first kappa shape index (κ1) is 25.7. The zero-order valence-corrected chi connectivity index (χ0v) is 14.4. The highest BCUT2D eigenvalue weighted by Crippen LogP contribution is 2.51. The van der Waals surface area contributed by atoms with Crippen LogP contribution in [0, 0.1) is 5.41 Å². The Kier molecular flexibility index (Phi) is 6.29. The van der Waals surface area contributed by atoms with Gasteiger partial charge >= 0.3 is 36.2 Å². The van der Waals surface area contributed by atoms with Crippen molar-refractivity contribution < 1.29 is 62.6 Å². The van der Waals surface area contributed by atoms with Gasteiger partial charge in [0.05, 0.1) is 0 Å². The first-order valence-corrected chi connectivity index (χ1v) is 6.85. The zero-order valence-electron chi connectivity index (χ0n) is 14.4. The standard InChI is InChI=1S/C13H15F11O3/c1-7(2,3)8(4,5)26-6(25)9(14,11(17,18)19)27-13(23,24)10(15,16)12(20,21)22/h1-5H3. The molecule has 0 rings (SSSR count). The summed E-state index contributed by atoms with van der Waals surface area (Å²) in [5.41, 5.74) is -3.23. The fourth-order valence-corrected chi connectivity index (χ4v) is 1.07. The summed E-state index contributed by atoms with van der Waals surface area (Å²) in [5, 5.41) is 0. The topological polar surface area (TPSA) is 35.5 Å². The summed E-state index contributed by atoms with van der Waals surface area (Å²) < 4.78 is 146. The highest BCUT2D eigenvalue weighted by atomic mass is 19.4. The van der Waals surface area contributed by atoms with E-state index >= 15 is 0 Å². The number of ether oxygens (including phenoxy) is 2. The molecule has 0 saturated heterocycles. The molecule has 0 aliphatic rings. The van der Waals surface area contributed by atoms with E-state index in [0.29, 0.717) is 0 Å².